The lowest BCUT2D eigenvalue weighted by Gasteiger charge is -2.32. The Labute approximate surface area is 153 Å². The van der Waals surface area contributed by atoms with Crippen molar-refractivity contribution < 1.29 is 9.18 Å². The van der Waals surface area contributed by atoms with Crippen molar-refractivity contribution in [2.75, 3.05) is 26.2 Å². The van der Waals surface area contributed by atoms with Gasteiger partial charge in [-0.25, -0.2) is 9.07 Å². The first-order chi connectivity index (χ1) is 12.6. The molecule has 2 heterocycles. The number of rotatable bonds is 6. The van der Waals surface area contributed by atoms with Gasteiger partial charge in [0.05, 0.1) is 12.2 Å². The summed E-state index contributed by atoms with van der Waals surface area (Å²) in [5.41, 5.74) is 1.10. The Morgan fingerprint density at radius 2 is 2.08 bits per heavy atom. The van der Waals surface area contributed by atoms with Crippen LogP contribution in [0.2, 0.25) is 0 Å². The van der Waals surface area contributed by atoms with E-state index in [4.69, 9.17) is 0 Å². The number of hydrogen-bond donors (Lipinski definition) is 0. The van der Waals surface area contributed by atoms with Crippen molar-refractivity contribution >= 4 is 5.91 Å². The van der Waals surface area contributed by atoms with E-state index in [0.29, 0.717) is 30.9 Å². The van der Waals surface area contributed by atoms with Gasteiger partial charge in [-0.1, -0.05) is 23.4 Å². The fraction of sp³-hybridized carbons (Fsp3) is 0.526. The second-order valence-electron chi connectivity index (χ2n) is 6.68. The van der Waals surface area contributed by atoms with E-state index in [1.807, 2.05) is 26.0 Å². The van der Waals surface area contributed by atoms with Crippen LogP contribution < -0.4 is 0 Å². The number of benzene rings is 1. The predicted octanol–water partition coefficient (Wildman–Crippen LogP) is 2.74. The van der Waals surface area contributed by atoms with Crippen LogP contribution in [0.3, 0.4) is 0 Å². The predicted molar refractivity (Wildman–Crippen MR) is 97.2 cm³/mol. The molecule has 1 fully saturated rings. The molecule has 0 aliphatic carbocycles. The van der Waals surface area contributed by atoms with Crippen LogP contribution in [0.1, 0.15) is 48.8 Å². The Hall–Kier alpha value is -2.28. The van der Waals surface area contributed by atoms with Gasteiger partial charge in [0.25, 0.3) is 5.91 Å². The Morgan fingerprint density at radius 3 is 2.81 bits per heavy atom. The SMILES string of the molecule is CCN(CC)C(=O)c1cn([C@@H]2CCCN(Cc3ccccc3F)C2)nn1. The van der Waals surface area contributed by atoms with Gasteiger partial charge in [0, 0.05) is 31.7 Å². The second-order valence-corrected chi connectivity index (χ2v) is 6.68. The number of hydrogen-bond acceptors (Lipinski definition) is 4. The van der Waals surface area contributed by atoms with Crippen LogP contribution in [0.25, 0.3) is 0 Å². The summed E-state index contributed by atoms with van der Waals surface area (Å²) in [6, 6.07) is 7.06. The maximum atomic E-state index is 13.9. The van der Waals surface area contributed by atoms with Crippen LogP contribution in [-0.4, -0.2) is 56.9 Å². The van der Waals surface area contributed by atoms with E-state index in [2.05, 4.69) is 15.2 Å². The summed E-state index contributed by atoms with van der Waals surface area (Å²) in [6.45, 7) is 7.51. The summed E-state index contributed by atoms with van der Waals surface area (Å²) in [4.78, 5) is 16.4. The second kappa shape index (κ2) is 8.40. The van der Waals surface area contributed by atoms with Crippen LogP contribution in [0.15, 0.2) is 30.5 Å². The topological polar surface area (TPSA) is 54.3 Å². The van der Waals surface area contributed by atoms with E-state index >= 15 is 0 Å². The third kappa shape index (κ3) is 4.09. The zero-order valence-electron chi connectivity index (χ0n) is 15.4. The molecule has 1 aromatic heterocycles. The molecule has 1 saturated heterocycles. The Morgan fingerprint density at radius 1 is 1.31 bits per heavy atom. The molecule has 26 heavy (non-hydrogen) atoms. The number of halogens is 1. The normalized spacial score (nSPS) is 18.0. The van der Waals surface area contributed by atoms with Crippen LogP contribution >= 0.6 is 0 Å². The summed E-state index contributed by atoms with van der Waals surface area (Å²) >= 11 is 0. The van der Waals surface area contributed by atoms with Gasteiger partial charge in [-0.05, 0) is 39.3 Å². The van der Waals surface area contributed by atoms with E-state index in [-0.39, 0.29) is 17.8 Å². The maximum Gasteiger partial charge on any atom is 0.276 e. The highest BCUT2D eigenvalue weighted by molar-refractivity contribution is 5.91. The van der Waals surface area contributed by atoms with E-state index in [1.54, 1.807) is 21.8 Å². The molecule has 0 spiro atoms. The Balaban J connectivity index is 1.66. The summed E-state index contributed by atoms with van der Waals surface area (Å²) in [7, 11) is 0. The zero-order chi connectivity index (χ0) is 18.5. The molecule has 0 N–H and O–H groups in total. The third-order valence-corrected chi connectivity index (χ3v) is 4.99. The highest BCUT2D eigenvalue weighted by atomic mass is 19.1. The standard InChI is InChI=1S/C19H26FN5O/c1-3-24(4-2)19(26)18-14-25(22-21-18)16-9-7-11-23(13-16)12-15-8-5-6-10-17(15)20/h5-6,8,10,14,16H,3-4,7,9,11-13H2,1-2H3/t16-/m1/s1. The van der Waals surface area contributed by atoms with Crippen molar-refractivity contribution in [3.05, 3.63) is 47.5 Å². The Bertz CT molecular complexity index is 743. The molecular weight excluding hydrogens is 333 g/mol. The van der Waals surface area contributed by atoms with Gasteiger partial charge in [0.15, 0.2) is 5.69 Å². The van der Waals surface area contributed by atoms with Gasteiger partial charge in [-0.3, -0.25) is 9.69 Å². The molecular formula is C19H26FN5O. The quantitative estimate of drug-likeness (QED) is 0.796. The zero-order valence-corrected chi connectivity index (χ0v) is 15.4. The molecule has 3 rings (SSSR count). The summed E-state index contributed by atoms with van der Waals surface area (Å²) in [6.07, 6.45) is 3.74. The van der Waals surface area contributed by atoms with E-state index in [1.165, 1.54) is 6.07 Å². The number of piperidine rings is 1. The van der Waals surface area contributed by atoms with Crippen LogP contribution in [0.4, 0.5) is 4.39 Å². The van der Waals surface area contributed by atoms with Crippen molar-refractivity contribution in [2.45, 2.75) is 39.3 Å². The number of aromatic nitrogens is 3. The van der Waals surface area contributed by atoms with Gasteiger partial charge in [0.2, 0.25) is 0 Å². The van der Waals surface area contributed by atoms with Crippen molar-refractivity contribution in [3.8, 4) is 0 Å². The highest BCUT2D eigenvalue weighted by Gasteiger charge is 2.24. The van der Waals surface area contributed by atoms with Gasteiger partial charge in [-0.15, -0.1) is 5.10 Å². The summed E-state index contributed by atoms with van der Waals surface area (Å²) in [5.74, 6) is -0.247. The average Bonchev–Trinajstić information content (AvgIpc) is 3.15. The van der Waals surface area contributed by atoms with Gasteiger partial charge in [0.1, 0.15) is 5.82 Å². The molecule has 140 valence electrons. The smallest absolute Gasteiger partial charge is 0.276 e. The number of likely N-dealkylation sites (tertiary alicyclic amines) is 1. The van der Waals surface area contributed by atoms with Gasteiger partial charge >= 0.3 is 0 Å². The maximum absolute atomic E-state index is 13.9. The van der Waals surface area contributed by atoms with Gasteiger partial charge in [-0.2, -0.15) is 0 Å². The summed E-state index contributed by atoms with van der Waals surface area (Å²) < 4.78 is 15.7. The lowest BCUT2D eigenvalue weighted by molar-refractivity contribution is 0.0767. The molecule has 1 aromatic carbocycles. The number of amides is 1. The number of carbonyl (C=O) groups excluding carboxylic acids is 1. The molecule has 2 aromatic rings. The first kappa shape index (κ1) is 18.5. The number of nitrogens with zero attached hydrogens (tertiary/aromatic N) is 5. The first-order valence-electron chi connectivity index (χ1n) is 9.29. The molecule has 0 unspecified atom stereocenters. The minimum Gasteiger partial charge on any atom is -0.338 e. The fourth-order valence-electron chi connectivity index (χ4n) is 3.48. The molecule has 7 heteroatoms. The number of carbonyl (C=O) groups is 1. The van der Waals surface area contributed by atoms with Gasteiger partial charge < -0.3 is 4.90 Å². The molecule has 0 bridgehead atoms. The molecule has 1 amide bonds. The van der Waals surface area contributed by atoms with Crippen LogP contribution in [-0.2, 0) is 6.54 Å². The minimum absolute atomic E-state index is 0.0831. The van der Waals surface area contributed by atoms with Crippen molar-refractivity contribution in [2.24, 2.45) is 0 Å². The lowest BCUT2D eigenvalue weighted by Crippen LogP contribution is -2.36. The third-order valence-electron chi connectivity index (χ3n) is 4.99. The minimum atomic E-state index is -0.164. The lowest BCUT2D eigenvalue weighted by atomic mass is 10.0. The largest absolute Gasteiger partial charge is 0.338 e. The van der Waals surface area contributed by atoms with E-state index < -0.39 is 0 Å². The van der Waals surface area contributed by atoms with Crippen molar-refractivity contribution in [3.63, 3.8) is 0 Å². The highest BCUT2D eigenvalue weighted by Crippen LogP contribution is 2.23. The van der Waals surface area contributed by atoms with E-state index in [9.17, 15) is 9.18 Å². The van der Waals surface area contributed by atoms with Crippen LogP contribution in [0.5, 0.6) is 0 Å². The molecule has 1 aliphatic rings. The first-order valence-corrected chi connectivity index (χ1v) is 9.29. The van der Waals surface area contributed by atoms with Crippen LogP contribution in [0, 0.1) is 5.82 Å². The Kier molecular flexibility index (Phi) is 5.98. The molecule has 0 radical (unpaired) electrons. The molecule has 6 nitrogen and oxygen atoms in total. The fourth-order valence-corrected chi connectivity index (χ4v) is 3.48. The molecule has 0 saturated carbocycles. The molecule has 1 aliphatic heterocycles. The molecule has 1 atom stereocenters. The van der Waals surface area contributed by atoms with Crippen molar-refractivity contribution in [1.29, 1.82) is 0 Å². The average molecular weight is 359 g/mol. The van der Waals surface area contributed by atoms with E-state index in [0.717, 1.165) is 25.9 Å². The monoisotopic (exact) mass is 359 g/mol. The van der Waals surface area contributed by atoms with Crippen molar-refractivity contribution in [1.82, 2.24) is 24.8 Å². The summed E-state index contributed by atoms with van der Waals surface area (Å²) in [5, 5.41) is 8.26.